The van der Waals surface area contributed by atoms with Gasteiger partial charge in [-0.15, -0.1) is 0 Å². The number of hydrogen-bond donors (Lipinski definition) is 1. The molecule has 0 bridgehead atoms. The normalized spacial score (nSPS) is 18.8. The first-order valence-electron chi connectivity index (χ1n) is 13.3. The Labute approximate surface area is 219 Å². The number of nitrogens with zero attached hydrogens (tertiary/aromatic N) is 5. The molecule has 1 aromatic heterocycles. The van der Waals surface area contributed by atoms with Crippen LogP contribution in [0.5, 0.6) is 5.75 Å². The van der Waals surface area contributed by atoms with Crippen molar-refractivity contribution in [2.75, 3.05) is 64.1 Å². The fourth-order valence-corrected chi connectivity index (χ4v) is 4.89. The van der Waals surface area contributed by atoms with E-state index >= 15 is 0 Å². The van der Waals surface area contributed by atoms with Gasteiger partial charge >= 0.3 is 0 Å². The molecular weight excluding hydrogens is 474 g/mol. The third-order valence-corrected chi connectivity index (χ3v) is 7.29. The van der Waals surface area contributed by atoms with E-state index in [4.69, 9.17) is 14.7 Å². The second kappa shape index (κ2) is 11.8. The van der Waals surface area contributed by atoms with E-state index < -0.39 is 5.92 Å². The molecule has 0 atom stereocenters. The molecule has 9 heteroatoms. The highest BCUT2D eigenvalue weighted by Crippen LogP contribution is 2.34. The quantitative estimate of drug-likeness (QED) is 0.548. The van der Waals surface area contributed by atoms with Gasteiger partial charge in [-0.25, -0.2) is 13.8 Å². The van der Waals surface area contributed by atoms with Gasteiger partial charge in [-0.1, -0.05) is 11.8 Å². The number of methoxy groups -OCH3 is 1. The molecule has 4 rings (SSSR count). The summed E-state index contributed by atoms with van der Waals surface area (Å²) in [5.41, 5.74) is 1.50. The topological polar surface area (TPSA) is 56.8 Å². The number of aromatic nitrogens is 2. The molecule has 37 heavy (non-hydrogen) atoms. The van der Waals surface area contributed by atoms with Crippen LogP contribution in [-0.2, 0) is 0 Å². The molecule has 0 aliphatic carbocycles. The molecule has 202 valence electrons. The lowest BCUT2D eigenvalue weighted by atomic mass is 10.0. The van der Waals surface area contributed by atoms with E-state index in [9.17, 15) is 8.78 Å². The van der Waals surface area contributed by atoms with Gasteiger partial charge in [0.15, 0.2) is 0 Å². The van der Waals surface area contributed by atoms with E-state index in [0.29, 0.717) is 17.7 Å². The standard InChI is InChI=1S/C28H40F2N6O/c1-20(2)35-14-9-22(10-15-35)31-26-23-19-25(37-5)21(8-6-7-13-34(3)4)18-24(23)32-27(33-26)36-16-11-28(29,30)12-17-36/h18-20,22H,7,9-17H2,1-5H3,(H,31,32,33). The Kier molecular flexibility index (Phi) is 8.71. The Morgan fingerprint density at radius 2 is 1.84 bits per heavy atom. The van der Waals surface area contributed by atoms with E-state index in [1.165, 1.54) is 0 Å². The number of benzene rings is 1. The smallest absolute Gasteiger partial charge is 0.251 e. The van der Waals surface area contributed by atoms with Crippen LogP contribution in [0.4, 0.5) is 20.5 Å². The van der Waals surface area contributed by atoms with Crippen molar-refractivity contribution >= 4 is 22.7 Å². The SMILES string of the molecule is COc1cc2c(NC3CCN(C(C)C)CC3)nc(N3CCC(F)(F)CC3)nc2cc1C#CCCN(C)C. The minimum atomic E-state index is -2.62. The predicted molar refractivity (Wildman–Crippen MR) is 146 cm³/mol. The second-order valence-electron chi connectivity index (χ2n) is 10.7. The number of anilines is 2. The molecule has 0 amide bonds. The van der Waals surface area contributed by atoms with Crippen LogP contribution >= 0.6 is 0 Å². The van der Waals surface area contributed by atoms with Gasteiger partial charge in [0, 0.05) is 69.5 Å². The van der Waals surface area contributed by atoms with E-state index in [1.807, 2.05) is 31.1 Å². The summed E-state index contributed by atoms with van der Waals surface area (Å²) in [5, 5.41) is 4.52. The van der Waals surface area contributed by atoms with Crippen molar-refractivity contribution in [3.05, 3.63) is 17.7 Å². The number of alkyl halides is 2. The number of halogens is 2. The van der Waals surface area contributed by atoms with Crippen LogP contribution in [0.3, 0.4) is 0 Å². The van der Waals surface area contributed by atoms with Gasteiger partial charge in [0.2, 0.25) is 5.95 Å². The molecule has 2 aliphatic rings. The van der Waals surface area contributed by atoms with Gasteiger partial charge in [0.25, 0.3) is 5.92 Å². The first-order chi connectivity index (χ1) is 17.6. The van der Waals surface area contributed by atoms with Gasteiger partial charge in [-0.3, -0.25) is 0 Å². The summed E-state index contributed by atoms with van der Waals surface area (Å²) >= 11 is 0. The molecule has 7 nitrogen and oxygen atoms in total. The molecule has 0 saturated carbocycles. The lowest BCUT2D eigenvalue weighted by molar-refractivity contribution is -0.0222. The maximum absolute atomic E-state index is 13.8. The Morgan fingerprint density at radius 3 is 2.46 bits per heavy atom. The second-order valence-corrected chi connectivity index (χ2v) is 10.7. The summed E-state index contributed by atoms with van der Waals surface area (Å²) in [6.45, 7) is 7.86. The van der Waals surface area contributed by atoms with Crippen molar-refractivity contribution in [2.24, 2.45) is 0 Å². The maximum Gasteiger partial charge on any atom is 0.251 e. The fourth-order valence-electron chi connectivity index (χ4n) is 4.89. The zero-order valence-corrected chi connectivity index (χ0v) is 22.8. The van der Waals surface area contributed by atoms with Crippen molar-refractivity contribution < 1.29 is 13.5 Å². The van der Waals surface area contributed by atoms with Crippen molar-refractivity contribution in [3.8, 4) is 17.6 Å². The summed E-state index contributed by atoms with van der Waals surface area (Å²) in [6.07, 6.45) is 2.40. The zero-order valence-electron chi connectivity index (χ0n) is 22.8. The van der Waals surface area contributed by atoms with Gasteiger partial charge in [-0.05, 0) is 52.9 Å². The Morgan fingerprint density at radius 1 is 1.14 bits per heavy atom. The Balaban J connectivity index is 1.68. The van der Waals surface area contributed by atoms with Crippen molar-refractivity contribution in [1.82, 2.24) is 19.8 Å². The molecule has 1 aromatic carbocycles. The van der Waals surface area contributed by atoms with E-state index in [1.54, 1.807) is 7.11 Å². The van der Waals surface area contributed by atoms with Crippen LogP contribution in [0.1, 0.15) is 51.5 Å². The molecule has 2 fully saturated rings. The van der Waals surface area contributed by atoms with Crippen molar-refractivity contribution in [2.45, 2.75) is 64.0 Å². The molecule has 2 aliphatic heterocycles. The summed E-state index contributed by atoms with van der Waals surface area (Å²) in [5.74, 6) is 5.73. The van der Waals surface area contributed by atoms with E-state index in [2.05, 4.69) is 40.8 Å². The highest BCUT2D eigenvalue weighted by molar-refractivity contribution is 5.93. The molecule has 0 radical (unpaired) electrons. The predicted octanol–water partition coefficient (Wildman–Crippen LogP) is 4.46. The molecule has 2 saturated heterocycles. The van der Waals surface area contributed by atoms with Gasteiger partial charge in [-0.2, -0.15) is 4.98 Å². The lowest BCUT2D eigenvalue weighted by Gasteiger charge is -2.35. The maximum atomic E-state index is 13.8. The first-order valence-corrected chi connectivity index (χ1v) is 13.3. The molecule has 0 spiro atoms. The summed E-state index contributed by atoms with van der Waals surface area (Å²) in [6, 6.07) is 4.70. The summed E-state index contributed by atoms with van der Waals surface area (Å²) in [4.78, 5) is 16.1. The van der Waals surface area contributed by atoms with Crippen molar-refractivity contribution in [3.63, 3.8) is 0 Å². The summed E-state index contributed by atoms with van der Waals surface area (Å²) < 4.78 is 33.4. The number of likely N-dealkylation sites (tertiary alicyclic amines) is 1. The monoisotopic (exact) mass is 514 g/mol. The number of nitrogens with one attached hydrogen (secondary N) is 1. The molecule has 1 N–H and O–H groups in total. The Bertz CT molecular complexity index is 1120. The molecule has 3 heterocycles. The first kappa shape index (κ1) is 27.3. The largest absolute Gasteiger partial charge is 0.495 e. The van der Waals surface area contributed by atoms with Crippen LogP contribution in [0.2, 0.25) is 0 Å². The summed E-state index contributed by atoms with van der Waals surface area (Å²) in [7, 11) is 5.69. The molecular formula is C28H40F2N6O. The minimum absolute atomic E-state index is 0.184. The number of rotatable bonds is 7. The number of fused-ring (bicyclic) bond motifs is 1. The van der Waals surface area contributed by atoms with Crippen LogP contribution in [0.25, 0.3) is 10.9 Å². The van der Waals surface area contributed by atoms with Gasteiger partial charge in [0.05, 0.1) is 18.2 Å². The third kappa shape index (κ3) is 6.99. The van der Waals surface area contributed by atoms with E-state index in [0.717, 1.165) is 61.2 Å². The Hall–Kier alpha value is -2.70. The number of piperidine rings is 2. The molecule has 2 aromatic rings. The highest BCUT2D eigenvalue weighted by atomic mass is 19.3. The average molecular weight is 515 g/mol. The lowest BCUT2D eigenvalue weighted by Crippen LogP contribution is -2.42. The third-order valence-electron chi connectivity index (χ3n) is 7.29. The van der Waals surface area contributed by atoms with Crippen molar-refractivity contribution in [1.29, 1.82) is 0 Å². The van der Waals surface area contributed by atoms with E-state index in [-0.39, 0.29) is 32.0 Å². The zero-order chi connectivity index (χ0) is 26.6. The number of ether oxygens (including phenoxy) is 1. The number of hydrogen-bond acceptors (Lipinski definition) is 7. The highest BCUT2D eigenvalue weighted by Gasteiger charge is 2.35. The fraction of sp³-hybridized carbons (Fsp3) is 0.643. The van der Waals surface area contributed by atoms with Crippen LogP contribution in [0, 0.1) is 11.8 Å². The average Bonchev–Trinajstić information content (AvgIpc) is 2.86. The van der Waals surface area contributed by atoms with Gasteiger partial charge < -0.3 is 24.8 Å². The minimum Gasteiger partial charge on any atom is -0.495 e. The molecule has 0 unspecified atom stereocenters. The van der Waals surface area contributed by atoms with Crippen LogP contribution in [-0.4, -0.2) is 91.7 Å². The van der Waals surface area contributed by atoms with Crippen LogP contribution < -0.4 is 15.0 Å². The van der Waals surface area contributed by atoms with Crippen LogP contribution in [0.15, 0.2) is 12.1 Å². The van der Waals surface area contributed by atoms with Gasteiger partial charge in [0.1, 0.15) is 11.6 Å².